The van der Waals surface area contributed by atoms with Crippen molar-refractivity contribution >= 4 is 23.5 Å². The third-order valence-electron chi connectivity index (χ3n) is 9.58. The summed E-state index contributed by atoms with van der Waals surface area (Å²) in [6.07, 6.45) is 4.86. The van der Waals surface area contributed by atoms with E-state index < -0.39 is 17.5 Å². The van der Waals surface area contributed by atoms with Crippen molar-refractivity contribution in [1.29, 1.82) is 0 Å². The summed E-state index contributed by atoms with van der Waals surface area (Å²) in [7, 11) is 1.58. The minimum atomic E-state index is -0.738. The van der Waals surface area contributed by atoms with Gasteiger partial charge in [-0.05, 0) is 87.3 Å². The summed E-state index contributed by atoms with van der Waals surface area (Å²) in [5.41, 5.74) is 1.66. The molecule has 2 aromatic rings. The summed E-state index contributed by atoms with van der Waals surface area (Å²) in [4.78, 5) is 27.2. The summed E-state index contributed by atoms with van der Waals surface area (Å²) in [6, 6.07) is 3.32. The summed E-state index contributed by atoms with van der Waals surface area (Å²) < 4.78 is 24.1. The highest BCUT2D eigenvalue weighted by atomic mass is 35.5. The van der Waals surface area contributed by atoms with Gasteiger partial charge in [-0.15, -0.1) is 0 Å². The summed E-state index contributed by atoms with van der Waals surface area (Å²) in [6.45, 7) is 11.9. The molecule has 5 rings (SSSR count). The molecule has 2 fully saturated rings. The number of cyclic esters (lactones) is 1. The first-order chi connectivity index (χ1) is 19.3. The number of phenols is 1. The molecular weight excluding hydrogens is 544 g/mol. The molecule has 1 N–H and O–H groups in total. The number of esters is 2. The molecule has 0 radical (unpaired) electrons. The van der Waals surface area contributed by atoms with Crippen molar-refractivity contribution in [3.05, 3.63) is 45.0 Å². The number of rotatable bonds is 6. The van der Waals surface area contributed by atoms with Crippen molar-refractivity contribution < 1.29 is 33.6 Å². The van der Waals surface area contributed by atoms with Gasteiger partial charge in [0.05, 0.1) is 22.1 Å². The van der Waals surface area contributed by atoms with E-state index in [0.717, 1.165) is 36.8 Å². The Bertz CT molecular complexity index is 1370. The van der Waals surface area contributed by atoms with Gasteiger partial charge in [-0.3, -0.25) is 4.79 Å². The number of halogens is 1. The van der Waals surface area contributed by atoms with E-state index in [4.69, 9.17) is 30.5 Å². The van der Waals surface area contributed by atoms with E-state index in [1.807, 2.05) is 20.8 Å². The van der Waals surface area contributed by atoms with Crippen molar-refractivity contribution in [2.45, 2.75) is 92.8 Å². The SMILES string of the molecule is CCc1c(C)c(Cl)c2c(c1OC(=O)C1(C)C3CCC1CC3)Oc1ccc([C@H](CC(C)(C)C)OC)c(O)c1C(=O)OC2. The maximum absolute atomic E-state index is 13.9. The van der Waals surface area contributed by atoms with Crippen LogP contribution in [0.3, 0.4) is 0 Å². The number of carbonyl (C=O) groups is 2. The van der Waals surface area contributed by atoms with Gasteiger partial charge < -0.3 is 24.1 Å². The van der Waals surface area contributed by atoms with Crippen LogP contribution in [0.1, 0.15) is 105 Å². The Morgan fingerprint density at radius 2 is 1.83 bits per heavy atom. The number of methoxy groups -OCH3 is 1. The van der Waals surface area contributed by atoms with Gasteiger partial charge in [0, 0.05) is 18.2 Å². The minimum absolute atomic E-state index is 0.0906. The van der Waals surface area contributed by atoms with Gasteiger partial charge in [-0.1, -0.05) is 39.3 Å². The van der Waals surface area contributed by atoms with E-state index in [9.17, 15) is 14.7 Å². The largest absolute Gasteiger partial charge is 0.507 e. The van der Waals surface area contributed by atoms with Gasteiger partial charge >= 0.3 is 11.9 Å². The van der Waals surface area contributed by atoms with Crippen molar-refractivity contribution in [3.8, 4) is 23.0 Å². The number of hydrogen-bond acceptors (Lipinski definition) is 7. The number of carbonyl (C=O) groups excluding carboxylic acids is 2. The topological polar surface area (TPSA) is 91.3 Å². The molecule has 0 amide bonds. The highest BCUT2D eigenvalue weighted by Crippen LogP contribution is 2.59. The number of benzene rings is 2. The molecular formula is C33H41ClO7. The van der Waals surface area contributed by atoms with E-state index in [1.54, 1.807) is 19.2 Å². The van der Waals surface area contributed by atoms with Crippen LogP contribution in [-0.2, 0) is 27.3 Å². The zero-order chi connectivity index (χ0) is 29.9. The Kier molecular flexibility index (Phi) is 7.84. The third kappa shape index (κ3) is 4.99. The molecule has 1 atom stereocenters. The zero-order valence-electron chi connectivity index (χ0n) is 25.1. The molecule has 2 saturated carbocycles. The first-order valence-electron chi connectivity index (χ1n) is 14.6. The Morgan fingerprint density at radius 3 is 2.39 bits per heavy atom. The van der Waals surface area contributed by atoms with Gasteiger partial charge in [0.25, 0.3) is 0 Å². The van der Waals surface area contributed by atoms with Gasteiger partial charge in [0.2, 0.25) is 0 Å². The maximum atomic E-state index is 13.9. The molecule has 3 aliphatic rings. The molecule has 0 unspecified atom stereocenters. The smallest absolute Gasteiger partial charge is 0.346 e. The van der Waals surface area contributed by atoms with Crippen LogP contribution in [0, 0.1) is 29.6 Å². The van der Waals surface area contributed by atoms with Crippen molar-refractivity contribution in [2.24, 2.45) is 22.7 Å². The van der Waals surface area contributed by atoms with Crippen LogP contribution in [0.15, 0.2) is 12.1 Å². The van der Waals surface area contributed by atoms with Crippen molar-refractivity contribution in [3.63, 3.8) is 0 Å². The van der Waals surface area contributed by atoms with Crippen molar-refractivity contribution in [2.75, 3.05) is 7.11 Å². The fourth-order valence-corrected chi connectivity index (χ4v) is 7.42. The lowest BCUT2D eigenvalue weighted by molar-refractivity contribution is -0.147. The first kappa shape index (κ1) is 29.7. The van der Waals surface area contributed by atoms with Crippen LogP contribution in [0.5, 0.6) is 23.0 Å². The molecule has 2 aliphatic carbocycles. The Morgan fingerprint density at radius 1 is 1.20 bits per heavy atom. The highest BCUT2D eigenvalue weighted by molar-refractivity contribution is 6.32. The van der Waals surface area contributed by atoms with E-state index in [1.165, 1.54) is 0 Å². The lowest BCUT2D eigenvalue weighted by Crippen LogP contribution is -2.36. The summed E-state index contributed by atoms with van der Waals surface area (Å²) in [5.74, 6) is -0.00995. The fraction of sp³-hybridized carbons (Fsp3) is 0.576. The van der Waals surface area contributed by atoms with Crippen LogP contribution >= 0.6 is 11.6 Å². The number of aromatic hydroxyl groups is 1. The maximum Gasteiger partial charge on any atom is 0.346 e. The van der Waals surface area contributed by atoms with Crippen LogP contribution in [-0.4, -0.2) is 24.2 Å². The second-order valence-electron chi connectivity index (χ2n) is 13.2. The van der Waals surface area contributed by atoms with Crippen LogP contribution in [0.2, 0.25) is 5.02 Å². The monoisotopic (exact) mass is 584 g/mol. The van der Waals surface area contributed by atoms with E-state index >= 15 is 0 Å². The second kappa shape index (κ2) is 10.8. The second-order valence-corrected chi connectivity index (χ2v) is 13.6. The number of fused-ring (bicyclic) bond motifs is 4. The molecule has 222 valence electrons. The normalized spacial score (nSPS) is 24.0. The van der Waals surface area contributed by atoms with E-state index in [0.29, 0.717) is 46.6 Å². The van der Waals surface area contributed by atoms with Gasteiger partial charge in [0.15, 0.2) is 11.5 Å². The molecule has 0 spiro atoms. The minimum Gasteiger partial charge on any atom is -0.507 e. The highest BCUT2D eigenvalue weighted by Gasteiger charge is 2.57. The first-order valence-corrected chi connectivity index (χ1v) is 15.0. The van der Waals surface area contributed by atoms with E-state index in [-0.39, 0.29) is 40.8 Å². The Hall–Kier alpha value is -2.77. The molecule has 0 saturated heterocycles. The van der Waals surface area contributed by atoms with Gasteiger partial charge in [-0.25, -0.2) is 4.79 Å². The van der Waals surface area contributed by atoms with Crippen LogP contribution in [0.25, 0.3) is 0 Å². The lowest BCUT2D eigenvalue weighted by atomic mass is 9.79. The Balaban J connectivity index is 1.62. The molecule has 8 heteroatoms. The van der Waals surface area contributed by atoms with Gasteiger partial charge in [-0.2, -0.15) is 0 Å². The number of phenolic OH excluding ortho intramolecular Hbond substituents is 1. The zero-order valence-corrected chi connectivity index (χ0v) is 25.9. The molecule has 0 aromatic heterocycles. The average molecular weight is 585 g/mol. The van der Waals surface area contributed by atoms with Crippen molar-refractivity contribution in [1.82, 2.24) is 0 Å². The van der Waals surface area contributed by atoms with Crippen LogP contribution < -0.4 is 9.47 Å². The van der Waals surface area contributed by atoms with Gasteiger partial charge in [0.1, 0.15) is 23.7 Å². The Labute approximate surface area is 247 Å². The standard InChI is InChI=1S/C33H41ClO7/c1-8-20-17(2)26(34)22-16-39-30(36)25-23(14-13-21(27(25)35)24(38-7)15-32(3,4)5)40-29(22)28(20)41-31(37)33(6)18-9-10-19(33)12-11-18/h13-14,18-19,24,35H,8-12,15-16H2,1-7H3/t18?,19?,24-,33?/m0/s1. The molecule has 1 aliphatic heterocycles. The fourth-order valence-electron chi connectivity index (χ4n) is 7.16. The third-order valence-corrected chi connectivity index (χ3v) is 10.1. The van der Waals surface area contributed by atoms with Crippen LogP contribution in [0.4, 0.5) is 0 Å². The number of hydrogen-bond donors (Lipinski definition) is 1. The molecule has 7 nitrogen and oxygen atoms in total. The molecule has 1 heterocycles. The molecule has 41 heavy (non-hydrogen) atoms. The quantitative estimate of drug-likeness (QED) is 0.270. The molecule has 2 bridgehead atoms. The molecule has 2 aromatic carbocycles. The summed E-state index contributed by atoms with van der Waals surface area (Å²) >= 11 is 6.82. The predicted octanol–water partition coefficient (Wildman–Crippen LogP) is 8.23. The summed E-state index contributed by atoms with van der Waals surface area (Å²) in [5, 5.41) is 11.7. The van der Waals surface area contributed by atoms with E-state index in [2.05, 4.69) is 20.8 Å². The lowest BCUT2D eigenvalue weighted by Gasteiger charge is -2.30. The average Bonchev–Trinajstić information content (AvgIpc) is 3.41. The number of ether oxygens (including phenoxy) is 4. The predicted molar refractivity (Wildman–Crippen MR) is 156 cm³/mol.